The molecule has 2 rings (SSSR count). The molecule has 1 aromatic heterocycles. The van der Waals surface area contributed by atoms with Gasteiger partial charge in [-0.2, -0.15) is 0 Å². The van der Waals surface area contributed by atoms with Crippen LogP contribution in [0.25, 0.3) is 0 Å². The molecule has 0 amide bonds. The van der Waals surface area contributed by atoms with E-state index in [2.05, 4.69) is 36.3 Å². The van der Waals surface area contributed by atoms with Crippen molar-refractivity contribution in [2.75, 3.05) is 11.9 Å². The van der Waals surface area contributed by atoms with Gasteiger partial charge in [0.2, 0.25) is 0 Å². The summed E-state index contributed by atoms with van der Waals surface area (Å²) in [5, 5.41) is 13.0. The summed E-state index contributed by atoms with van der Waals surface area (Å²) < 4.78 is 4.85. The second-order valence-corrected chi connectivity index (χ2v) is 5.16. The van der Waals surface area contributed by atoms with Gasteiger partial charge in [-0.1, -0.05) is 26.0 Å². The van der Waals surface area contributed by atoms with Crippen LogP contribution in [0.3, 0.4) is 0 Å². The van der Waals surface area contributed by atoms with Gasteiger partial charge in [-0.15, -0.1) is 0 Å². The first-order chi connectivity index (χ1) is 9.54. The Labute approximate surface area is 117 Å². The number of nitrogens with one attached hydrogen (secondary N) is 2. The molecule has 20 heavy (non-hydrogen) atoms. The number of aliphatic hydroxyl groups excluding tert-OH is 1. The lowest BCUT2D eigenvalue weighted by Gasteiger charge is -2.12. The van der Waals surface area contributed by atoms with Gasteiger partial charge >= 0.3 is 5.76 Å². The van der Waals surface area contributed by atoms with Crippen molar-refractivity contribution in [2.24, 2.45) is 0 Å². The van der Waals surface area contributed by atoms with E-state index >= 15 is 0 Å². The topological polar surface area (TPSA) is 78.3 Å². The van der Waals surface area contributed by atoms with Crippen molar-refractivity contribution in [3.05, 3.63) is 52.3 Å². The number of anilines is 1. The minimum Gasteiger partial charge on any atom is -0.413 e. The van der Waals surface area contributed by atoms with Crippen molar-refractivity contribution in [1.29, 1.82) is 0 Å². The molecule has 1 aromatic carbocycles. The van der Waals surface area contributed by atoms with Gasteiger partial charge in [-0.25, -0.2) is 4.79 Å². The Kier molecular flexibility index (Phi) is 4.63. The van der Waals surface area contributed by atoms with Gasteiger partial charge < -0.3 is 14.8 Å². The number of aromatic amines is 1. The number of hydrogen-bond donors (Lipinski definition) is 3. The minimum absolute atomic E-state index is 0.301. The summed E-state index contributed by atoms with van der Waals surface area (Å²) in [6.07, 6.45) is 1.16. The van der Waals surface area contributed by atoms with E-state index in [1.807, 2.05) is 12.1 Å². The molecular weight excluding hydrogens is 256 g/mol. The van der Waals surface area contributed by atoms with Crippen LogP contribution in [-0.4, -0.2) is 22.7 Å². The molecule has 0 radical (unpaired) electrons. The number of rotatable bonds is 6. The molecule has 0 aliphatic carbocycles. The Balaban J connectivity index is 1.83. The molecule has 1 atom stereocenters. The first kappa shape index (κ1) is 14.4. The van der Waals surface area contributed by atoms with Crippen LogP contribution in [-0.2, 0) is 6.42 Å². The second-order valence-electron chi connectivity index (χ2n) is 5.16. The van der Waals surface area contributed by atoms with E-state index in [9.17, 15) is 9.90 Å². The zero-order valence-corrected chi connectivity index (χ0v) is 11.7. The molecule has 5 nitrogen and oxygen atoms in total. The van der Waals surface area contributed by atoms with Crippen LogP contribution in [0, 0.1) is 0 Å². The summed E-state index contributed by atoms with van der Waals surface area (Å²) in [4.78, 5) is 13.2. The summed E-state index contributed by atoms with van der Waals surface area (Å²) in [6.45, 7) is 4.70. The van der Waals surface area contributed by atoms with Gasteiger partial charge in [-0.3, -0.25) is 4.98 Å². The average Bonchev–Trinajstić information content (AvgIpc) is 2.82. The van der Waals surface area contributed by atoms with Gasteiger partial charge in [-0.05, 0) is 23.6 Å². The predicted octanol–water partition coefficient (Wildman–Crippen LogP) is 2.11. The number of hydrogen-bond acceptors (Lipinski definition) is 4. The molecule has 0 saturated carbocycles. The quantitative estimate of drug-likeness (QED) is 0.755. The Bertz CT molecular complexity index is 584. The number of benzene rings is 1. The SMILES string of the molecule is CC(C)c1ccc(NCC(O)Cc2c[nH]c(=O)o2)cc1. The van der Waals surface area contributed by atoms with E-state index in [1.54, 1.807) is 0 Å². The van der Waals surface area contributed by atoms with Crippen LogP contribution in [0.4, 0.5) is 5.69 Å². The van der Waals surface area contributed by atoms with Crippen LogP contribution in [0.2, 0.25) is 0 Å². The normalized spacial score (nSPS) is 12.6. The lowest BCUT2D eigenvalue weighted by atomic mass is 10.0. The Morgan fingerprint density at radius 3 is 2.55 bits per heavy atom. The van der Waals surface area contributed by atoms with Crippen molar-refractivity contribution < 1.29 is 9.52 Å². The van der Waals surface area contributed by atoms with Crippen LogP contribution in [0.15, 0.2) is 39.7 Å². The van der Waals surface area contributed by atoms with Gasteiger partial charge in [0.15, 0.2) is 0 Å². The molecule has 2 aromatic rings. The smallest absolute Gasteiger partial charge is 0.413 e. The maximum Gasteiger partial charge on any atom is 0.416 e. The standard InChI is InChI=1S/C15H20N2O3/c1-10(2)11-3-5-12(6-4-11)16-8-13(18)7-14-9-17-15(19)20-14/h3-6,9-10,13,16,18H,7-8H2,1-2H3,(H,17,19). The Morgan fingerprint density at radius 1 is 1.30 bits per heavy atom. The lowest BCUT2D eigenvalue weighted by molar-refractivity contribution is 0.179. The van der Waals surface area contributed by atoms with E-state index in [-0.39, 0.29) is 0 Å². The highest BCUT2D eigenvalue weighted by atomic mass is 16.4. The molecule has 0 saturated heterocycles. The first-order valence-electron chi connectivity index (χ1n) is 6.74. The van der Waals surface area contributed by atoms with Crippen LogP contribution >= 0.6 is 0 Å². The molecule has 5 heteroatoms. The fourth-order valence-corrected chi connectivity index (χ4v) is 1.94. The average molecular weight is 276 g/mol. The van der Waals surface area contributed by atoms with Crippen molar-refractivity contribution in [3.8, 4) is 0 Å². The molecule has 0 aliphatic heterocycles. The molecule has 1 heterocycles. The molecule has 0 spiro atoms. The molecule has 1 unspecified atom stereocenters. The number of aromatic nitrogens is 1. The molecule has 3 N–H and O–H groups in total. The zero-order chi connectivity index (χ0) is 14.5. The maximum absolute atomic E-state index is 10.8. The Hall–Kier alpha value is -2.01. The number of aliphatic hydroxyl groups is 1. The highest BCUT2D eigenvalue weighted by Gasteiger charge is 2.09. The van der Waals surface area contributed by atoms with Gasteiger partial charge in [0, 0.05) is 24.8 Å². The van der Waals surface area contributed by atoms with E-state index in [0.717, 1.165) is 5.69 Å². The number of H-pyrrole nitrogens is 1. The molecule has 0 aliphatic rings. The van der Waals surface area contributed by atoms with Crippen molar-refractivity contribution >= 4 is 5.69 Å². The molecular formula is C15H20N2O3. The summed E-state index contributed by atoms with van der Waals surface area (Å²) in [5.74, 6) is 0.468. The van der Waals surface area contributed by atoms with Gasteiger partial charge in [0.05, 0.1) is 6.10 Å². The van der Waals surface area contributed by atoms with Gasteiger partial charge in [0.1, 0.15) is 5.76 Å². The van der Waals surface area contributed by atoms with Gasteiger partial charge in [0.25, 0.3) is 0 Å². The van der Waals surface area contributed by atoms with Crippen molar-refractivity contribution in [2.45, 2.75) is 32.3 Å². The summed E-state index contributed by atoms with van der Waals surface area (Å²) >= 11 is 0. The van der Waals surface area contributed by atoms with Crippen LogP contribution < -0.4 is 11.1 Å². The molecule has 0 fully saturated rings. The fraction of sp³-hybridized carbons (Fsp3) is 0.400. The molecule has 108 valence electrons. The monoisotopic (exact) mass is 276 g/mol. The van der Waals surface area contributed by atoms with Crippen LogP contribution in [0.5, 0.6) is 0 Å². The van der Waals surface area contributed by atoms with E-state index < -0.39 is 11.9 Å². The van der Waals surface area contributed by atoms with E-state index in [4.69, 9.17) is 4.42 Å². The maximum atomic E-state index is 10.8. The highest BCUT2D eigenvalue weighted by molar-refractivity contribution is 5.45. The second kappa shape index (κ2) is 6.43. The first-order valence-corrected chi connectivity index (χ1v) is 6.74. The van der Waals surface area contributed by atoms with Crippen molar-refractivity contribution in [1.82, 2.24) is 4.98 Å². The Morgan fingerprint density at radius 2 is 2.00 bits per heavy atom. The largest absolute Gasteiger partial charge is 0.416 e. The van der Waals surface area contributed by atoms with Crippen LogP contribution in [0.1, 0.15) is 31.1 Å². The van der Waals surface area contributed by atoms with E-state index in [0.29, 0.717) is 24.6 Å². The van der Waals surface area contributed by atoms with Crippen molar-refractivity contribution in [3.63, 3.8) is 0 Å². The number of oxazole rings is 1. The third-order valence-corrected chi connectivity index (χ3v) is 3.13. The zero-order valence-electron chi connectivity index (χ0n) is 11.7. The highest BCUT2D eigenvalue weighted by Crippen LogP contribution is 2.17. The summed E-state index contributed by atoms with van der Waals surface area (Å²) in [7, 11) is 0. The lowest BCUT2D eigenvalue weighted by Crippen LogP contribution is -2.21. The van der Waals surface area contributed by atoms with E-state index in [1.165, 1.54) is 11.8 Å². The summed E-state index contributed by atoms with van der Waals surface area (Å²) in [5.41, 5.74) is 2.24. The summed E-state index contributed by atoms with van der Waals surface area (Å²) in [6, 6.07) is 8.14. The third kappa shape index (κ3) is 3.99. The fourth-order valence-electron chi connectivity index (χ4n) is 1.94. The third-order valence-electron chi connectivity index (χ3n) is 3.13. The molecule has 0 bridgehead atoms. The predicted molar refractivity (Wildman–Crippen MR) is 78.1 cm³/mol. The minimum atomic E-state index is -0.612.